The van der Waals surface area contributed by atoms with Gasteiger partial charge in [0.15, 0.2) is 0 Å². The van der Waals surface area contributed by atoms with E-state index in [1.54, 1.807) is 0 Å². The number of rotatable bonds is 3. The van der Waals surface area contributed by atoms with Gasteiger partial charge in [-0.25, -0.2) is 0 Å². The highest BCUT2D eigenvalue weighted by Crippen LogP contribution is 2.65. The van der Waals surface area contributed by atoms with Crippen molar-refractivity contribution in [3.05, 3.63) is 65.7 Å². The Kier molecular flexibility index (Phi) is 3.41. The van der Waals surface area contributed by atoms with E-state index in [-0.39, 0.29) is 35.5 Å². The van der Waals surface area contributed by atoms with Gasteiger partial charge < -0.3 is 4.74 Å². The van der Waals surface area contributed by atoms with Gasteiger partial charge in [0.05, 0.1) is 17.5 Å². The number of imide groups is 1. The van der Waals surface area contributed by atoms with E-state index in [0.29, 0.717) is 23.3 Å². The normalized spacial score (nSPS) is 33.7. The second kappa shape index (κ2) is 5.82. The molecule has 0 spiro atoms. The molecule has 1 saturated heterocycles. The monoisotopic (exact) mass is 385 g/mol. The maximum absolute atomic E-state index is 13.2. The summed E-state index contributed by atoms with van der Waals surface area (Å²) in [5.41, 5.74) is 2.93. The van der Waals surface area contributed by atoms with E-state index in [2.05, 4.69) is 25.1 Å². The molecule has 5 aliphatic rings. The average Bonchev–Trinajstić information content (AvgIpc) is 3.50. The number of hydrogen-bond acceptors (Lipinski definition) is 3. The van der Waals surface area contributed by atoms with Crippen LogP contribution in [-0.2, 0) is 9.59 Å². The van der Waals surface area contributed by atoms with E-state index in [0.717, 1.165) is 11.3 Å². The van der Waals surface area contributed by atoms with Gasteiger partial charge in [0.2, 0.25) is 11.8 Å². The first-order chi connectivity index (χ1) is 14.0. The molecule has 4 heteroatoms. The molecule has 146 valence electrons. The van der Waals surface area contributed by atoms with Gasteiger partial charge in [-0.2, -0.15) is 0 Å². The van der Waals surface area contributed by atoms with E-state index in [1.165, 1.54) is 16.9 Å². The van der Waals surface area contributed by atoms with Crippen molar-refractivity contribution in [3.63, 3.8) is 0 Å². The number of amides is 2. The summed E-state index contributed by atoms with van der Waals surface area (Å²) in [4.78, 5) is 27.8. The van der Waals surface area contributed by atoms with E-state index in [9.17, 15) is 9.59 Å². The summed E-state index contributed by atoms with van der Waals surface area (Å²) >= 11 is 0. The Morgan fingerprint density at radius 1 is 0.862 bits per heavy atom. The van der Waals surface area contributed by atoms with Crippen molar-refractivity contribution in [3.8, 4) is 11.5 Å². The van der Waals surface area contributed by atoms with Crippen LogP contribution in [0.25, 0.3) is 0 Å². The number of aryl methyl sites for hydroxylation is 1. The number of benzene rings is 2. The quantitative estimate of drug-likeness (QED) is 0.571. The molecule has 2 bridgehead atoms. The molecular weight excluding hydrogens is 362 g/mol. The largest absolute Gasteiger partial charge is 0.457 e. The molecule has 0 unspecified atom stereocenters. The third-order valence-electron chi connectivity index (χ3n) is 7.54. The molecule has 2 amide bonds. The van der Waals surface area contributed by atoms with Gasteiger partial charge in [0.1, 0.15) is 11.5 Å². The van der Waals surface area contributed by atoms with Crippen LogP contribution >= 0.6 is 0 Å². The Morgan fingerprint density at radius 2 is 1.48 bits per heavy atom. The van der Waals surface area contributed by atoms with Crippen molar-refractivity contribution in [1.29, 1.82) is 0 Å². The van der Waals surface area contributed by atoms with Crippen LogP contribution in [-0.4, -0.2) is 11.8 Å². The summed E-state index contributed by atoms with van der Waals surface area (Å²) in [5, 5.41) is 0. The Bertz CT molecular complexity index is 1030. The highest BCUT2D eigenvalue weighted by atomic mass is 16.5. The van der Waals surface area contributed by atoms with Crippen LogP contribution in [0.15, 0.2) is 54.6 Å². The fourth-order valence-corrected chi connectivity index (χ4v) is 5.84. The zero-order valence-electron chi connectivity index (χ0n) is 16.5. The number of carbonyl (C=O) groups is 2. The molecule has 0 aromatic heterocycles. The first-order valence-electron chi connectivity index (χ1n) is 10.4. The highest BCUT2D eigenvalue weighted by Gasteiger charge is 2.67. The molecule has 7 rings (SSSR count). The first-order valence-corrected chi connectivity index (χ1v) is 10.4. The molecule has 2 aromatic rings. The third-order valence-corrected chi connectivity index (χ3v) is 7.54. The number of ether oxygens (including phenoxy) is 1. The molecule has 4 aliphatic carbocycles. The molecule has 0 N–H and O–H groups in total. The summed E-state index contributed by atoms with van der Waals surface area (Å²) in [5.74, 6) is 2.90. The fourth-order valence-electron chi connectivity index (χ4n) is 5.84. The van der Waals surface area contributed by atoms with Gasteiger partial charge in [-0.1, -0.05) is 24.3 Å². The number of nitrogens with zero attached hydrogens (tertiary/aromatic N) is 1. The number of carbonyl (C=O) groups excluding carboxylic acids is 2. The minimum atomic E-state index is -0.160. The summed E-state index contributed by atoms with van der Waals surface area (Å²) in [6.07, 6.45) is 5.59. The van der Waals surface area contributed by atoms with Crippen LogP contribution in [0, 0.1) is 49.4 Å². The SMILES string of the molecule is Cc1cccc(Oc2ccc(N3C(=O)[C@@H]4[C@H]5C=C[C@@H]([C@@H]6C[C@H]56)[C@@H]4C3=O)cc2)c1C. The third kappa shape index (κ3) is 2.32. The zero-order chi connectivity index (χ0) is 19.9. The molecule has 2 saturated carbocycles. The van der Waals surface area contributed by atoms with Crippen LogP contribution in [0.1, 0.15) is 17.5 Å². The minimum Gasteiger partial charge on any atom is -0.457 e. The smallest absolute Gasteiger partial charge is 0.238 e. The predicted octanol–water partition coefficient (Wildman–Crippen LogP) is 4.65. The van der Waals surface area contributed by atoms with Crippen molar-refractivity contribution in [2.45, 2.75) is 20.3 Å². The summed E-state index contributed by atoms with van der Waals surface area (Å²) < 4.78 is 6.02. The van der Waals surface area contributed by atoms with Crippen molar-refractivity contribution in [1.82, 2.24) is 0 Å². The van der Waals surface area contributed by atoms with E-state index >= 15 is 0 Å². The lowest BCUT2D eigenvalue weighted by Gasteiger charge is -2.37. The zero-order valence-corrected chi connectivity index (χ0v) is 16.5. The second-order valence-electron chi connectivity index (χ2n) is 8.96. The van der Waals surface area contributed by atoms with Crippen LogP contribution in [0.3, 0.4) is 0 Å². The number of allylic oxidation sites excluding steroid dienone is 2. The Labute approximate surface area is 170 Å². The minimum absolute atomic E-state index is 0.0205. The van der Waals surface area contributed by atoms with Gasteiger partial charge in [-0.3, -0.25) is 14.5 Å². The molecule has 29 heavy (non-hydrogen) atoms. The fraction of sp³-hybridized carbons (Fsp3) is 0.360. The van der Waals surface area contributed by atoms with Gasteiger partial charge >= 0.3 is 0 Å². The maximum Gasteiger partial charge on any atom is 0.238 e. The van der Waals surface area contributed by atoms with Gasteiger partial charge in [-0.15, -0.1) is 0 Å². The van der Waals surface area contributed by atoms with Crippen LogP contribution in [0.5, 0.6) is 11.5 Å². The first kappa shape index (κ1) is 17.0. The number of anilines is 1. The highest BCUT2D eigenvalue weighted by molar-refractivity contribution is 6.22. The van der Waals surface area contributed by atoms with E-state index < -0.39 is 0 Å². The molecule has 6 atom stereocenters. The van der Waals surface area contributed by atoms with Gasteiger partial charge in [0.25, 0.3) is 0 Å². The summed E-state index contributed by atoms with van der Waals surface area (Å²) in [6.45, 7) is 4.09. The molecule has 1 heterocycles. The predicted molar refractivity (Wildman–Crippen MR) is 110 cm³/mol. The van der Waals surface area contributed by atoms with E-state index in [1.807, 2.05) is 43.3 Å². The van der Waals surface area contributed by atoms with Crippen LogP contribution in [0.4, 0.5) is 5.69 Å². The van der Waals surface area contributed by atoms with Crippen molar-refractivity contribution in [2.75, 3.05) is 4.90 Å². The molecular formula is C25H23NO3. The van der Waals surface area contributed by atoms with Crippen LogP contribution < -0.4 is 9.64 Å². The lowest BCUT2D eigenvalue weighted by molar-refractivity contribution is -0.124. The Hall–Kier alpha value is -2.88. The Balaban J connectivity index is 1.27. The Morgan fingerprint density at radius 3 is 2.10 bits per heavy atom. The second-order valence-corrected chi connectivity index (χ2v) is 8.96. The topological polar surface area (TPSA) is 46.6 Å². The molecule has 1 aliphatic heterocycles. The standard InChI is InChI=1S/C25H23NO3/c1-13-4-3-5-21(14(13)2)29-16-8-6-15(7-9-16)26-24(27)22-17-10-11-18(20-12-19(17)20)23(22)25(26)28/h3-11,17-20,22-23H,12H2,1-2H3/t17-,18-,19-,20+,22-,23+/m0/s1. The van der Waals surface area contributed by atoms with Crippen molar-refractivity contribution in [2.24, 2.45) is 35.5 Å². The van der Waals surface area contributed by atoms with E-state index in [4.69, 9.17) is 4.74 Å². The molecule has 4 nitrogen and oxygen atoms in total. The summed E-state index contributed by atoms with van der Waals surface area (Å²) in [7, 11) is 0. The average molecular weight is 385 g/mol. The molecule has 2 aromatic carbocycles. The number of hydrogen-bond donors (Lipinski definition) is 0. The summed E-state index contributed by atoms with van der Waals surface area (Å²) in [6, 6.07) is 13.3. The van der Waals surface area contributed by atoms with Gasteiger partial charge in [-0.05, 0) is 85.4 Å². The van der Waals surface area contributed by atoms with Crippen molar-refractivity contribution < 1.29 is 14.3 Å². The van der Waals surface area contributed by atoms with Crippen molar-refractivity contribution >= 4 is 17.5 Å². The van der Waals surface area contributed by atoms with Crippen LogP contribution in [0.2, 0.25) is 0 Å². The molecule has 0 radical (unpaired) electrons. The lowest BCUT2D eigenvalue weighted by Crippen LogP contribution is -2.40. The lowest BCUT2D eigenvalue weighted by atomic mass is 9.63. The van der Waals surface area contributed by atoms with Gasteiger partial charge in [0, 0.05) is 0 Å². The maximum atomic E-state index is 13.2. The molecule has 3 fully saturated rings.